The van der Waals surface area contributed by atoms with Gasteiger partial charge in [-0.2, -0.15) is 22.0 Å². The molecule has 10 heteroatoms. The Kier molecular flexibility index (Phi) is 97.6. The molecule has 0 saturated heterocycles. The van der Waals surface area contributed by atoms with Gasteiger partial charge in [0.15, 0.2) is 0 Å². The summed E-state index contributed by atoms with van der Waals surface area (Å²) in [5.41, 5.74) is 0. The molecule has 0 rings (SSSR count). The summed E-state index contributed by atoms with van der Waals surface area (Å²) in [5, 5.41) is 0. The van der Waals surface area contributed by atoms with Crippen LogP contribution in [-0.4, -0.2) is 7.11 Å². The van der Waals surface area contributed by atoms with Gasteiger partial charge < -0.3 is 4.74 Å². The minimum atomic E-state index is -2.43. The molecule has 0 saturated carbocycles. The third-order valence-electron chi connectivity index (χ3n) is 0.328. The number of hydrogen-bond acceptors (Lipinski definition) is 1. The molecule has 110 valence electrons. The van der Waals surface area contributed by atoms with Crippen LogP contribution in [-0.2, 0) is 4.74 Å². The highest BCUT2D eigenvalue weighted by Crippen LogP contribution is 2.07. The van der Waals surface area contributed by atoms with Crippen LogP contribution >= 0.6 is 0 Å². The van der Waals surface area contributed by atoms with Crippen molar-refractivity contribution in [3.05, 3.63) is 37.9 Å². The van der Waals surface area contributed by atoms with E-state index in [2.05, 4.69) is 24.5 Å². The van der Waals surface area contributed by atoms with Crippen LogP contribution in [0.2, 0.25) is 0 Å². The Labute approximate surface area is 91.7 Å². The lowest BCUT2D eigenvalue weighted by atomic mass is 11.0. The van der Waals surface area contributed by atoms with Crippen LogP contribution in [0.1, 0.15) is 0 Å². The van der Waals surface area contributed by atoms with Crippen LogP contribution < -0.4 is 0 Å². The first kappa shape index (κ1) is 45.3. The third-order valence-corrected chi connectivity index (χ3v) is 0.328. The number of hydrogen-bond donors (Lipinski definition) is 0. The Hall–Kier alpha value is -1.61. The minimum Gasteiger partial charge on any atom is -0.470 e. The van der Waals surface area contributed by atoms with E-state index in [1.54, 1.807) is 0 Å². The van der Waals surface area contributed by atoms with Crippen molar-refractivity contribution < 1.29 is 45.5 Å². The van der Waals surface area contributed by atoms with Gasteiger partial charge in [-0.15, -0.1) is 13.2 Å². The number of methoxy groups -OCH3 is 1. The topological polar surface area (TPSA) is 9.23 Å². The van der Waals surface area contributed by atoms with E-state index in [0.717, 1.165) is 7.11 Å². The fraction of sp³-hybridized carbons (Fsp3) is 0.143. The molecule has 17 heavy (non-hydrogen) atoms. The quantitative estimate of drug-likeness (QED) is 0.392. The highest BCUT2D eigenvalue weighted by atomic mass is 19.3. The van der Waals surface area contributed by atoms with Crippen LogP contribution in [0.3, 0.4) is 0 Å². The molecular weight excluding hydrogens is 271 g/mol. The first-order valence-corrected chi connectivity index (χ1v) is 2.66. The van der Waals surface area contributed by atoms with E-state index in [1.165, 1.54) is 0 Å². The molecule has 0 aliphatic heterocycles. The van der Waals surface area contributed by atoms with E-state index in [-0.39, 0.29) is 18.8 Å². The summed E-state index contributed by atoms with van der Waals surface area (Å²) in [6.07, 6.45) is -4.26. The molecule has 1 nitrogen and oxygen atoms in total. The van der Waals surface area contributed by atoms with Crippen molar-refractivity contribution in [2.45, 2.75) is 0 Å². The van der Waals surface area contributed by atoms with Gasteiger partial charge in [-0.05, 0) is 6.58 Å². The Morgan fingerprint density at radius 2 is 1.00 bits per heavy atom. The van der Waals surface area contributed by atoms with Crippen molar-refractivity contribution in [1.82, 2.24) is 0 Å². The van der Waals surface area contributed by atoms with Crippen LogP contribution in [0.25, 0.3) is 0 Å². The molecule has 0 spiro atoms. The van der Waals surface area contributed by atoms with Crippen LogP contribution in [0.4, 0.5) is 40.8 Å². The van der Waals surface area contributed by atoms with Gasteiger partial charge in [0.25, 0.3) is 6.08 Å². The summed E-state index contributed by atoms with van der Waals surface area (Å²) < 4.78 is 56.5. The van der Waals surface area contributed by atoms with Crippen molar-refractivity contribution in [2.24, 2.45) is 0 Å². The number of rotatable bonds is 1. The number of halogens is 9. The molecule has 0 N–H and O–H groups in total. The molecule has 0 aromatic rings. The smallest absolute Gasteiger partial charge is 0.342 e. The fourth-order valence-electron chi connectivity index (χ4n) is 0.0772. The molecule has 0 aromatic carbocycles. The molecule has 0 aliphatic carbocycles. The average Bonchev–Trinajstić information content (AvgIpc) is 2.05. The summed E-state index contributed by atoms with van der Waals surface area (Å²) in [5.74, 6) is 0. The second-order valence-electron chi connectivity index (χ2n) is 1.08. The molecule has 0 heterocycles. The second-order valence-corrected chi connectivity index (χ2v) is 1.08. The molecule has 0 radical (unpaired) electrons. The van der Waals surface area contributed by atoms with Crippen molar-refractivity contribution in [3.63, 3.8) is 0 Å². The predicted molar refractivity (Wildman–Crippen MR) is 50.0 cm³/mol. The lowest BCUT2D eigenvalue weighted by molar-refractivity contribution is 0.166. The molecule has 0 aromatic heterocycles. The van der Waals surface area contributed by atoms with Crippen molar-refractivity contribution in [1.29, 1.82) is 0 Å². The molecular formula is C7H13F9O. The highest BCUT2D eigenvalue weighted by Gasteiger charge is 2.00. The summed E-state index contributed by atoms with van der Waals surface area (Å²) in [6, 6.07) is -1.82. The zero-order chi connectivity index (χ0) is 11.4. The third kappa shape index (κ3) is 115. The van der Waals surface area contributed by atoms with Gasteiger partial charge in [-0.25, -0.2) is 0 Å². The van der Waals surface area contributed by atoms with Gasteiger partial charge in [0, 0.05) is 0 Å². The number of ether oxygens (including phenoxy) is 1. The minimum absolute atomic E-state index is 0. The summed E-state index contributed by atoms with van der Waals surface area (Å²) in [6.45, 7) is 8.22. The van der Waals surface area contributed by atoms with Gasteiger partial charge in [-0.3, -0.25) is 18.8 Å². The van der Waals surface area contributed by atoms with Crippen molar-refractivity contribution >= 4 is 0 Å². The normalized spacial score (nSPS) is 5.06. The van der Waals surface area contributed by atoms with E-state index in [1.807, 2.05) is 0 Å². The van der Waals surface area contributed by atoms with E-state index in [9.17, 15) is 22.0 Å². The maximum absolute atomic E-state index is 11.2. The van der Waals surface area contributed by atoms with Gasteiger partial charge in [0.2, 0.25) is 0 Å². The second kappa shape index (κ2) is 36.7. The van der Waals surface area contributed by atoms with Crippen LogP contribution in [0.15, 0.2) is 37.9 Å². The van der Waals surface area contributed by atoms with E-state index in [4.69, 9.17) is 0 Å². The zero-order valence-corrected chi connectivity index (χ0v) is 8.55. The monoisotopic (exact) mass is 284 g/mol. The lowest BCUT2D eigenvalue weighted by Crippen LogP contribution is -1.76. The highest BCUT2D eigenvalue weighted by molar-refractivity contribution is 4.79. The average molecular weight is 284 g/mol. The van der Waals surface area contributed by atoms with Gasteiger partial charge in [0.1, 0.15) is 0 Å². The van der Waals surface area contributed by atoms with Gasteiger partial charge >= 0.3 is 12.1 Å². The van der Waals surface area contributed by atoms with E-state index >= 15 is 0 Å². The predicted octanol–water partition coefficient (Wildman–Crippen LogP) is 4.48. The fourth-order valence-corrected chi connectivity index (χ4v) is 0.0772. The summed E-state index contributed by atoms with van der Waals surface area (Å²) >= 11 is 0. The van der Waals surface area contributed by atoms with Crippen LogP contribution in [0.5, 0.6) is 0 Å². The van der Waals surface area contributed by atoms with Gasteiger partial charge in [-0.1, -0.05) is 0 Å². The first-order valence-electron chi connectivity index (χ1n) is 2.66. The molecule has 0 unspecified atom stereocenters. The zero-order valence-electron chi connectivity index (χ0n) is 8.55. The molecule has 0 atom stereocenters. The largest absolute Gasteiger partial charge is 0.470 e. The standard InChI is InChI=1S/C3H3F3O.C2H2F2.C2H4.4FH/c1-7-3(6)2(4)5;1-2(3)4;1-2;;;;/h1H3;1H2;1-2H2;4*1H. The SMILES string of the molecule is C=C.C=C(F)F.COC(F)=C(F)F.F.F.F.F. The Morgan fingerprint density at radius 3 is 1.00 bits per heavy atom. The Bertz CT molecular complexity index is 163. The van der Waals surface area contributed by atoms with Crippen molar-refractivity contribution in [3.8, 4) is 0 Å². The molecule has 0 fully saturated rings. The Morgan fingerprint density at radius 1 is 0.824 bits per heavy atom. The lowest BCUT2D eigenvalue weighted by Gasteiger charge is -1.87. The maximum Gasteiger partial charge on any atom is 0.342 e. The maximum atomic E-state index is 11.2. The molecule has 0 bridgehead atoms. The first-order chi connectivity index (χ1) is 5.91. The summed E-state index contributed by atoms with van der Waals surface area (Å²) in [4.78, 5) is 0. The van der Waals surface area contributed by atoms with Gasteiger partial charge in [0.05, 0.1) is 7.11 Å². The Balaban J connectivity index is -0.0000000179. The molecule has 0 aliphatic rings. The van der Waals surface area contributed by atoms with Crippen molar-refractivity contribution in [2.75, 3.05) is 7.11 Å². The van der Waals surface area contributed by atoms with E-state index < -0.39 is 18.2 Å². The summed E-state index contributed by atoms with van der Waals surface area (Å²) in [7, 11) is 0.828. The van der Waals surface area contributed by atoms with E-state index in [0.29, 0.717) is 0 Å². The van der Waals surface area contributed by atoms with Crippen LogP contribution in [0, 0.1) is 0 Å². The molecule has 0 amide bonds.